The molecule has 7 heteroatoms. The van der Waals surface area contributed by atoms with Gasteiger partial charge >= 0.3 is 12.1 Å². The lowest BCUT2D eigenvalue weighted by Gasteiger charge is -2.39. The molecule has 2 atom stereocenters. The van der Waals surface area contributed by atoms with Crippen LogP contribution in [0.3, 0.4) is 0 Å². The number of carbonyl (C=O) groups is 2. The summed E-state index contributed by atoms with van der Waals surface area (Å²) in [7, 11) is 0. The van der Waals surface area contributed by atoms with Gasteiger partial charge in [0.05, 0.1) is 0 Å². The monoisotopic (exact) mass is 318 g/mol. The first-order chi connectivity index (χ1) is 10.4. The second-order valence-corrected chi connectivity index (χ2v) is 6.59. The number of nitrogens with zero attached hydrogens (tertiary/aromatic N) is 2. The van der Waals surface area contributed by atoms with Gasteiger partial charge in [0.15, 0.2) is 0 Å². The minimum atomic E-state index is -4.90. The van der Waals surface area contributed by atoms with E-state index in [0.717, 1.165) is 30.6 Å². The maximum absolute atomic E-state index is 12.7. The lowest BCUT2D eigenvalue weighted by molar-refractivity contribution is -0.187. The molecule has 2 saturated heterocycles. The fourth-order valence-electron chi connectivity index (χ4n) is 4.00. The van der Waals surface area contributed by atoms with Crippen LogP contribution in [0, 0.1) is 5.92 Å². The van der Waals surface area contributed by atoms with Gasteiger partial charge in [-0.1, -0.05) is 6.42 Å². The first-order valence-corrected chi connectivity index (χ1v) is 8.08. The van der Waals surface area contributed by atoms with E-state index in [0.29, 0.717) is 25.3 Å². The van der Waals surface area contributed by atoms with Gasteiger partial charge in [0, 0.05) is 19.1 Å². The smallest absolute Gasteiger partial charge is 0.338 e. The molecule has 22 heavy (non-hydrogen) atoms. The molecule has 124 valence electrons. The van der Waals surface area contributed by atoms with Crippen LogP contribution < -0.4 is 0 Å². The van der Waals surface area contributed by atoms with E-state index in [2.05, 4.69) is 0 Å². The number of alkyl halides is 3. The number of hydrogen-bond acceptors (Lipinski definition) is 2. The van der Waals surface area contributed by atoms with E-state index in [4.69, 9.17) is 0 Å². The highest BCUT2D eigenvalue weighted by Gasteiger charge is 2.49. The summed E-state index contributed by atoms with van der Waals surface area (Å²) in [5.41, 5.74) is 0. The second-order valence-electron chi connectivity index (χ2n) is 6.59. The predicted octanol–water partition coefficient (Wildman–Crippen LogP) is 2.33. The van der Waals surface area contributed by atoms with Crippen LogP contribution in [0.25, 0.3) is 0 Å². The molecule has 2 aliphatic heterocycles. The number of halogens is 3. The Hall–Kier alpha value is -1.27. The van der Waals surface area contributed by atoms with Gasteiger partial charge in [-0.15, -0.1) is 0 Å². The van der Waals surface area contributed by atoms with Gasteiger partial charge in [0.2, 0.25) is 5.91 Å². The van der Waals surface area contributed by atoms with Crippen molar-refractivity contribution < 1.29 is 22.8 Å². The molecule has 0 aromatic rings. The van der Waals surface area contributed by atoms with Crippen LogP contribution in [0.5, 0.6) is 0 Å². The van der Waals surface area contributed by atoms with Crippen LogP contribution in [-0.4, -0.2) is 53.0 Å². The summed E-state index contributed by atoms with van der Waals surface area (Å²) < 4.78 is 38.0. The van der Waals surface area contributed by atoms with E-state index in [1.165, 1.54) is 6.42 Å². The first kappa shape index (κ1) is 15.6. The molecular weight excluding hydrogens is 297 g/mol. The van der Waals surface area contributed by atoms with E-state index in [9.17, 15) is 22.8 Å². The summed E-state index contributed by atoms with van der Waals surface area (Å²) in [4.78, 5) is 26.7. The van der Waals surface area contributed by atoms with E-state index in [-0.39, 0.29) is 18.5 Å². The molecule has 2 heterocycles. The zero-order valence-corrected chi connectivity index (χ0v) is 12.4. The molecule has 1 aliphatic carbocycles. The molecule has 3 rings (SSSR count). The van der Waals surface area contributed by atoms with E-state index >= 15 is 0 Å². The largest absolute Gasteiger partial charge is 0.471 e. The minimum absolute atomic E-state index is 0.0245. The Kier molecular flexibility index (Phi) is 4.07. The average Bonchev–Trinajstić information content (AvgIpc) is 3.02. The van der Waals surface area contributed by atoms with Crippen molar-refractivity contribution in [2.75, 3.05) is 13.1 Å². The van der Waals surface area contributed by atoms with Crippen LogP contribution in [-0.2, 0) is 9.59 Å². The summed E-state index contributed by atoms with van der Waals surface area (Å²) in [6.07, 6.45) is 1.12. The number of likely N-dealkylation sites (tertiary alicyclic amines) is 2. The van der Waals surface area contributed by atoms with Gasteiger partial charge in [0.25, 0.3) is 0 Å². The van der Waals surface area contributed by atoms with Crippen molar-refractivity contribution >= 4 is 11.8 Å². The van der Waals surface area contributed by atoms with Crippen LogP contribution in [0.1, 0.15) is 44.9 Å². The molecule has 0 aromatic carbocycles. The lowest BCUT2D eigenvalue weighted by atomic mass is 9.78. The quantitative estimate of drug-likeness (QED) is 0.784. The van der Waals surface area contributed by atoms with Gasteiger partial charge in [0.1, 0.15) is 6.04 Å². The molecule has 1 saturated carbocycles. The molecule has 2 unspecified atom stereocenters. The fraction of sp³-hybridized carbons (Fsp3) is 0.867. The summed E-state index contributed by atoms with van der Waals surface area (Å²) in [6, 6.07) is -0.750. The van der Waals surface area contributed by atoms with Gasteiger partial charge in [-0.2, -0.15) is 13.2 Å². The van der Waals surface area contributed by atoms with Gasteiger partial charge in [-0.05, 0) is 44.4 Å². The lowest BCUT2D eigenvalue weighted by Crippen LogP contribution is -2.53. The van der Waals surface area contributed by atoms with Crippen molar-refractivity contribution in [3.63, 3.8) is 0 Å². The molecule has 2 amide bonds. The molecule has 3 fully saturated rings. The Morgan fingerprint density at radius 3 is 2.09 bits per heavy atom. The molecule has 3 aliphatic rings. The van der Waals surface area contributed by atoms with E-state index < -0.39 is 18.1 Å². The molecule has 4 nitrogen and oxygen atoms in total. The standard InChI is InChI=1S/C15H21F3N2O2/c16-15(17,18)14(22)20-9-3-7-12(20)13(21)19-8-2-6-11(19)10-4-1-5-10/h10-12H,1-9H2. The van der Waals surface area contributed by atoms with Crippen LogP contribution >= 0.6 is 0 Å². The third-order valence-electron chi connectivity index (χ3n) is 5.32. The third kappa shape index (κ3) is 2.70. The normalized spacial score (nSPS) is 29.8. The van der Waals surface area contributed by atoms with E-state index in [1.54, 1.807) is 4.90 Å². The Morgan fingerprint density at radius 2 is 1.50 bits per heavy atom. The van der Waals surface area contributed by atoms with Crippen molar-refractivity contribution in [1.82, 2.24) is 9.80 Å². The van der Waals surface area contributed by atoms with Crippen molar-refractivity contribution in [3.8, 4) is 0 Å². The van der Waals surface area contributed by atoms with Gasteiger partial charge in [-0.3, -0.25) is 9.59 Å². The third-order valence-corrected chi connectivity index (χ3v) is 5.32. The highest BCUT2D eigenvalue weighted by atomic mass is 19.4. The Bertz CT molecular complexity index is 462. The maximum atomic E-state index is 12.7. The summed E-state index contributed by atoms with van der Waals surface area (Å²) in [6.45, 7) is 0.640. The van der Waals surface area contributed by atoms with Crippen LogP contribution in [0.15, 0.2) is 0 Å². The van der Waals surface area contributed by atoms with Crippen LogP contribution in [0.2, 0.25) is 0 Å². The van der Waals surface area contributed by atoms with Crippen molar-refractivity contribution in [1.29, 1.82) is 0 Å². The molecule has 0 bridgehead atoms. The second kappa shape index (κ2) is 5.74. The average molecular weight is 318 g/mol. The molecule has 0 aromatic heterocycles. The molecular formula is C15H21F3N2O2. The zero-order valence-electron chi connectivity index (χ0n) is 12.4. The zero-order chi connectivity index (χ0) is 15.9. The molecule has 0 N–H and O–H groups in total. The summed E-state index contributed by atoms with van der Waals surface area (Å²) in [5, 5.41) is 0. The highest BCUT2D eigenvalue weighted by Crippen LogP contribution is 2.38. The van der Waals surface area contributed by atoms with Crippen molar-refractivity contribution in [2.45, 2.75) is 63.2 Å². The number of rotatable bonds is 2. The Morgan fingerprint density at radius 1 is 0.864 bits per heavy atom. The van der Waals surface area contributed by atoms with E-state index in [1.807, 2.05) is 0 Å². The number of carbonyl (C=O) groups excluding carboxylic acids is 2. The summed E-state index contributed by atoms with van der Waals surface area (Å²) >= 11 is 0. The predicted molar refractivity (Wildman–Crippen MR) is 72.9 cm³/mol. The summed E-state index contributed by atoms with van der Waals surface area (Å²) in [5.74, 6) is -1.65. The fourth-order valence-corrected chi connectivity index (χ4v) is 4.00. The van der Waals surface area contributed by atoms with Crippen molar-refractivity contribution in [3.05, 3.63) is 0 Å². The minimum Gasteiger partial charge on any atom is -0.338 e. The Balaban J connectivity index is 1.71. The van der Waals surface area contributed by atoms with Gasteiger partial charge in [-0.25, -0.2) is 0 Å². The molecule has 0 radical (unpaired) electrons. The van der Waals surface area contributed by atoms with Gasteiger partial charge < -0.3 is 9.80 Å². The number of amides is 2. The topological polar surface area (TPSA) is 40.6 Å². The number of hydrogen-bond donors (Lipinski definition) is 0. The SMILES string of the molecule is O=C(C1CCCN1C(=O)C(F)(F)F)N1CCCC1C1CCC1. The molecule has 0 spiro atoms. The highest BCUT2D eigenvalue weighted by molar-refractivity contribution is 5.90. The van der Waals surface area contributed by atoms with Crippen LogP contribution in [0.4, 0.5) is 13.2 Å². The van der Waals surface area contributed by atoms with Crippen molar-refractivity contribution in [2.24, 2.45) is 5.92 Å². The Labute approximate surface area is 127 Å². The first-order valence-electron chi connectivity index (χ1n) is 8.08. The maximum Gasteiger partial charge on any atom is 0.471 e.